The Kier molecular flexibility index (Phi) is 6.79. The molecule has 0 radical (unpaired) electrons. The molecule has 3 aromatic heterocycles. The molecule has 6 heteroatoms. The summed E-state index contributed by atoms with van der Waals surface area (Å²) in [5.41, 5.74) is 9.29. The van der Waals surface area contributed by atoms with E-state index >= 15 is 0 Å². The van der Waals surface area contributed by atoms with E-state index < -0.39 is 0 Å². The summed E-state index contributed by atoms with van der Waals surface area (Å²) in [6.07, 6.45) is 17.4. The minimum atomic E-state index is -0.190. The summed E-state index contributed by atoms with van der Waals surface area (Å²) in [5, 5.41) is 12.5. The van der Waals surface area contributed by atoms with Crippen LogP contribution < -0.4 is 10.6 Å². The molecular formula is C47H36N6. The molecule has 3 aliphatic rings. The van der Waals surface area contributed by atoms with E-state index in [0.29, 0.717) is 5.92 Å². The highest BCUT2D eigenvalue weighted by Gasteiger charge is 2.33. The van der Waals surface area contributed by atoms with Crippen LogP contribution in [-0.4, -0.2) is 26.1 Å². The molecule has 0 amide bonds. The van der Waals surface area contributed by atoms with Gasteiger partial charge in [0.2, 0.25) is 0 Å². The van der Waals surface area contributed by atoms with Crippen LogP contribution in [0.4, 0.5) is 0 Å². The number of allylic oxidation sites excluding steroid dienone is 7. The molecule has 6 nitrogen and oxygen atoms in total. The van der Waals surface area contributed by atoms with E-state index in [1.807, 2.05) is 0 Å². The fraction of sp³-hybridized carbons (Fsp3) is 0.0851. The zero-order valence-corrected chi connectivity index (χ0v) is 28.9. The second kappa shape index (κ2) is 12.0. The van der Waals surface area contributed by atoms with E-state index in [1.54, 1.807) is 0 Å². The highest BCUT2D eigenvalue weighted by Crippen LogP contribution is 2.40. The second-order valence-electron chi connectivity index (χ2n) is 14.2. The van der Waals surface area contributed by atoms with Gasteiger partial charge in [0.15, 0.2) is 0 Å². The Bertz CT molecular complexity index is 2860. The van der Waals surface area contributed by atoms with Crippen LogP contribution in [-0.2, 0) is 0 Å². The SMILES string of the molecule is C1=CC2C=CC=C(C3N=C(c4c[nH]c(-n5c6ccccc6c6cc7c8ccccc8n(-c8ccccc8)c7cc65)c4)NC(c4ccccc4)N3)C2C=C1. The van der Waals surface area contributed by atoms with E-state index in [2.05, 4.69) is 201 Å². The van der Waals surface area contributed by atoms with Gasteiger partial charge in [0.25, 0.3) is 0 Å². The highest BCUT2D eigenvalue weighted by molar-refractivity contribution is 6.19. The number of para-hydroxylation sites is 3. The summed E-state index contributed by atoms with van der Waals surface area (Å²) in [7, 11) is 0. The number of hydrogen-bond acceptors (Lipinski definition) is 3. The molecule has 5 aromatic carbocycles. The third-order valence-electron chi connectivity index (χ3n) is 11.2. The highest BCUT2D eigenvalue weighted by atomic mass is 15.3. The van der Waals surface area contributed by atoms with Gasteiger partial charge in [-0.3, -0.25) is 9.88 Å². The van der Waals surface area contributed by atoms with Crippen LogP contribution in [0.25, 0.3) is 55.1 Å². The van der Waals surface area contributed by atoms with Crippen molar-refractivity contribution in [1.29, 1.82) is 0 Å². The number of aromatic nitrogens is 3. The zero-order valence-electron chi connectivity index (χ0n) is 28.9. The number of nitrogens with zero attached hydrogens (tertiary/aromatic N) is 3. The first-order valence-electron chi connectivity index (χ1n) is 18.4. The number of amidine groups is 1. The number of aliphatic imine (C=N–C) groups is 1. The van der Waals surface area contributed by atoms with Gasteiger partial charge in [-0.1, -0.05) is 127 Å². The molecule has 53 heavy (non-hydrogen) atoms. The molecular weight excluding hydrogens is 649 g/mol. The third kappa shape index (κ3) is 4.80. The Morgan fingerprint density at radius 3 is 2.02 bits per heavy atom. The fourth-order valence-corrected chi connectivity index (χ4v) is 8.71. The van der Waals surface area contributed by atoms with Gasteiger partial charge in [0.1, 0.15) is 24.0 Å². The molecule has 0 saturated carbocycles. The van der Waals surface area contributed by atoms with Crippen LogP contribution in [0.2, 0.25) is 0 Å². The predicted molar refractivity (Wildman–Crippen MR) is 218 cm³/mol. The van der Waals surface area contributed by atoms with Gasteiger partial charge in [-0.15, -0.1) is 0 Å². The average Bonchev–Trinajstić information content (AvgIpc) is 3.93. The maximum absolute atomic E-state index is 5.37. The third-order valence-corrected chi connectivity index (χ3v) is 11.2. The largest absolute Gasteiger partial charge is 0.350 e. The number of hydrogen-bond donors (Lipinski definition) is 3. The molecule has 0 bridgehead atoms. The smallest absolute Gasteiger partial charge is 0.133 e. The van der Waals surface area contributed by atoms with Crippen LogP contribution in [0.3, 0.4) is 0 Å². The summed E-state index contributed by atoms with van der Waals surface area (Å²) < 4.78 is 4.76. The molecule has 0 saturated heterocycles. The van der Waals surface area contributed by atoms with Crippen molar-refractivity contribution in [3.63, 3.8) is 0 Å². The van der Waals surface area contributed by atoms with Crippen LogP contribution in [0.15, 0.2) is 187 Å². The maximum atomic E-state index is 5.37. The normalized spacial score (nSPS) is 20.9. The van der Waals surface area contributed by atoms with Gasteiger partial charge >= 0.3 is 0 Å². The van der Waals surface area contributed by atoms with Crippen molar-refractivity contribution in [2.75, 3.05) is 0 Å². The standard InChI is InChI=1S/C47H36N6/c1-3-15-31(16-4-1)45-49-46(51-47(50-45)37-23-13-17-30-14-7-8-20-34(30)37)32-26-44(48-29-32)53-41-25-12-10-22-36(41)39-27-38-35-21-9-11-24-40(35)52(42(38)28-43(39)53)33-18-5-2-6-19-33/h1-30,34,45,47-48,50H,(H,49,51). The van der Waals surface area contributed by atoms with Crippen LogP contribution in [0, 0.1) is 11.8 Å². The zero-order chi connectivity index (χ0) is 34.9. The quantitative estimate of drug-likeness (QED) is 0.169. The predicted octanol–water partition coefficient (Wildman–Crippen LogP) is 10.0. The van der Waals surface area contributed by atoms with Gasteiger partial charge in [0, 0.05) is 50.8 Å². The molecule has 254 valence electrons. The van der Waals surface area contributed by atoms with Gasteiger partial charge in [-0.2, -0.15) is 0 Å². The van der Waals surface area contributed by atoms with Crippen LogP contribution >= 0.6 is 0 Å². The van der Waals surface area contributed by atoms with Gasteiger partial charge in [-0.25, -0.2) is 4.99 Å². The number of nitrogens with one attached hydrogen (secondary N) is 3. The van der Waals surface area contributed by atoms with Crippen molar-refractivity contribution < 1.29 is 0 Å². The van der Waals surface area contributed by atoms with Crippen molar-refractivity contribution >= 4 is 49.4 Å². The van der Waals surface area contributed by atoms with Crippen molar-refractivity contribution in [3.05, 3.63) is 193 Å². The molecule has 3 N–H and O–H groups in total. The van der Waals surface area contributed by atoms with Gasteiger partial charge in [-0.05, 0) is 53.6 Å². The van der Waals surface area contributed by atoms with Gasteiger partial charge < -0.3 is 14.9 Å². The fourth-order valence-electron chi connectivity index (χ4n) is 8.71. The number of aromatic amines is 1. The minimum absolute atomic E-state index is 0.109. The van der Waals surface area contributed by atoms with Crippen molar-refractivity contribution in [1.82, 2.24) is 24.8 Å². The lowest BCUT2D eigenvalue weighted by molar-refractivity contribution is 0.406. The lowest BCUT2D eigenvalue weighted by Gasteiger charge is -2.37. The van der Waals surface area contributed by atoms with E-state index in [4.69, 9.17) is 4.99 Å². The van der Waals surface area contributed by atoms with Crippen molar-refractivity contribution in [3.8, 4) is 11.5 Å². The number of fused-ring (bicyclic) bond motifs is 7. The van der Waals surface area contributed by atoms with Crippen molar-refractivity contribution in [2.45, 2.75) is 12.3 Å². The minimum Gasteiger partial charge on any atom is -0.350 e. The Hall–Kier alpha value is -6.63. The summed E-state index contributed by atoms with van der Waals surface area (Å²) in [4.78, 5) is 9.05. The molecule has 0 fully saturated rings. The van der Waals surface area contributed by atoms with Gasteiger partial charge in [0.05, 0.1) is 22.1 Å². The van der Waals surface area contributed by atoms with E-state index in [-0.39, 0.29) is 18.2 Å². The summed E-state index contributed by atoms with van der Waals surface area (Å²) >= 11 is 0. The number of rotatable bonds is 5. The summed E-state index contributed by atoms with van der Waals surface area (Å²) in [6.45, 7) is 0. The first-order chi connectivity index (χ1) is 26.3. The topological polar surface area (TPSA) is 62.1 Å². The van der Waals surface area contributed by atoms with E-state index in [0.717, 1.165) is 33.9 Å². The molecule has 4 unspecified atom stereocenters. The lowest BCUT2D eigenvalue weighted by Crippen LogP contribution is -2.50. The van der Waals surface area contributed by atoms with Crippen molar-refractivity contribution in [2.24, 2.45) is 16.8 Å². The Balaban J connectivity index is 1.08. The molecule has 1 aliphatic heterocycles. The summed E-state index contributed by atoms with van der Waals surface area (Å²) in [6, 6.07) is 45.7. The molecule has 11 rings (SSSR count). The first-order valence-corrected chi connectivity index (χ1v) is 18.4. The molecule has 0 spiro atoms. The van der Waals surface area contributed by atoms with Crippen LogP contribution in [0.5, 0.6) is 0 Å². The van der Waals surface area contributed by atoms with E-state index in [1.165, 1.54) is 43.7 Å². The molecule has 4 heterocycles. The second-order valence-corrected chi connectivity index (χ2v) is 14.2. The first kappa shape index (κ1) is 30.0. The Morgan fingerprint density at radius 1 is 0.566 bits per heavy atom. The van der Waals surface area contributed by atoms with E-state index in [9.17, 15) is 0 Å². The average molecular weight is 685 g/mol. The maximum Gasteiger partial charge on any atom is 0.133 e. The lowest BCUT2D eigenvalue weighted by atomic mass is 9.78. The molecule has 2 aliphatic carbocycles. The Labute approximate surface area is 306 Å². The van der Waals surface area contributed by atoms with Crippen LogP contribution in [0.1, 0.15) is 17.3 Å². The Morgan fingerprint density at radius 2 is 1.23 bits per heavy atom. The number of H-pyrrole nitrogens is 1. The molecule has 4 atom stereocenters. The summed E-state index contributed by atoms with van der Waals surface area (Å²) in [5.74, 6) is 2.46. The molecule has 8 aromatic rings. The monoisotopic (exact) mass is 684 g/mol. The number of benzene rings is 5.